The van der Waals surface area contributed by atoms with E-state index in [1.165, 1.54) is 4.90 Å². The maximum Gasteiger partial charge on any atom is 0.318 e. The molecule has 148 valence electrons. The van der Waals surface area contributed by atoms with Crippen LogP contribution in [0.3, 0.4) is 0 Å². The molecule has 2 aliphatic heterocycles. The summed E-state index contributed by atoms with van der Waals surface area (Å²) >= 11 is 0. The molecule has 1 saturated heterocycles. The van der Waals surface area contributed by atoms with Gasteiger partial charge in [0.2, 0.25) is 11.9 Å². The molecule has 9 nitrogen and oxygen atoms in total. The molecule has 9 heteroatoms. The molecule has 1 aromatic heterocycles. The Kier molecular flexibility index (Phi) is 5.78. The van der Waals surface area contributed by atoms with Crippen LogP contribution < -0.4 is 10.2 Å². The SMILES string of the molecule is CC1C[C@H](NC(=O)N2CC=C(c3cnc(N(C)C)nc3)CC2)C(=O)N1CC#N. The van der Waals surface area contributed by atoms with Gasteiger partial charge >= 0.3 is 6.03 Å². The number of nitrogens with zero attached hydrogens (tertiary/aromatic N) is 6. The number of amides is 3. The summed E-state index contributed by atoms with van der Waals surface area (Å²) in [6.45, 7) is 2.97. The van der Waals surface area contributed by atoms with Crippen LogP contribution in [0.2, 0.25) is 0 Å². The molecule has 1 aromatic rings. The zero-order valence-corrected chi connectivity index (χ0v) is 16.4. The van der Waals surface area contributed by atoms with E-state index in [4.69, 9.17) is 5.26 Å². The molecule has 1 fully saturated rings. The first kappa shape index (κ1) is 19.6. The second kappa shape index (κ2) is 8.25. The van der Waals surface area contributed by atoms with Gasteiger partial charge in [0.1, 0.15) is 12.6 Å². The zero-order valence-electron chi connectivity index (χ0n) is 16.4. The minimum absolute atomic E-state index is 0.0459. The van der Waals surface area contributed by atoms with Crippen LogP contribution in [-0.2, 0) is 4.79 Å². The van der Waals surface area contributed by atoms with Crippen molar-refractivity contribution in [2.45, 2.75) is 31.8 Å². The fourth-order valence-electron chi connectivity index (χ4n) is 3.49. The van der Waals surface area contributed by atoms with Crippen molar-refractivity contribution in [3.05, 3.63) is 24.0 Å². The van der Waals surface area contributed by atoms with Crippen molar-refractivity contribution in [3.63, 3.8) is 0 Å². The van der Waals surface area contributed by atoms with Gasteiger partial charge in [-0.25, -0.2) is 14.8 Å². The molecule has 0 bridgehead atoms. The van der Waals surface area contributed by atoms with Crippen LogP contribution in [0, 0.1) is 11.3 Å². The molecule has 1 unspecified atom stereocenters. The largest absolute Gasteiger partial charge is 0.347 e. The molecule has 2 atom stereocenters. The molecular weight excluding hydrogens is 358 g/mol. The Bertz CT molecular complexity index is 813. The number of hydrogen-bond donors (Lipinski definition) is 1. The first-order valence-electron chi connectivity index (χ1n) is 9.32. The Hall–Kier alpha value is -3.15. The van der Waals surface area contributed by atoms with Gasteiger partial charge in [-0.3, -0.25) is 4.79 Å². The standard InChI is InChI=1S/C19H25N7O2/c1-13-10-16(17(27)26(13)9-6-20)23-19(28)25-7-4-14(5-8-25)15-11-21-18(22-12-15)24(2)3/h4,11-13,16H,5,7-10H2,1-3H3,(H,23,28)/t13?,16-/m0/s1. The highest BCUT2D eigenvalue weighted by molar-refractivity contribution is 5.89. The third-order valence-corrected chi connectivity index (χ3v) is 5.13. The fourth-order valence-corrected chi connectivity index (χ4v) is 3.49. The number of carbonyl (C=O) groups is 2. The van der Waals surface area contributed by atoms with Gasteiger partial charge in [-0.15, -0.1) is 0 Å². The van der Waals surface area contributed by atoms with Crippen LogP contribution in [-0.4, -0.2) is 77.5 Å². The molecule has 3 heterocycles. The van der Waals surface area contributed by atoms with Crippen LogP contribution in [0.5, 0.6) is 0 Å². The number of urea groups is 1. The van der Waals surface area contributed by atoms with Crippen molar-refractivity contribution in [2.75, 3.05) is 38.6 Å². The lowest BCUT2D eigenvalue weighted by atomic mass is 10.0. The molecule has 0 saturated carbocycles. The number of aromatic nitrogens is 2. The molecule has 0 aromatic carbocycles. The van der Waals surface area contributed by atoms with E-state index in [1.54, 1.807) is 17.3 Å². The minimum atomic E-state index is -0.562. The summed E-state index contributed by atoms with van der Waals surface area (Å²) < 4.78 is 0. The van der Waals surface area contributed by atoms with E-state index in [2.05, 4.69) is 15.3 Å². The van der Waals surface area contributed by atoms with Gasteiger partial charge in [-0.05, 0) is 25.3 Å². The van der Waals surface area contributed by atoms with Crippen LogP contribution in [0.25, 0.3) is 5.57 Å². The Morgan fingerprint density at radius 2 is 2.11 bits per heavy atom. The summed E-state index contributed by atoms with van der Waals surface area (Å²) in [5.41, 5.74) is 2.07. The number of likely N-dealkylation sites (tertiary alicyclic amines) is 1. The first-order valence-corrected chi connectivity index (χ1v) is 9.32. The summed E-state index contributed by atoms with van der Waals surface area (Å²) in [6, 6.07) is 1.14. The summed E-state index contributed by atoms with van der Waals surface area (Å²) in [5.74, 6) is 0.468. The quantitative estimate of drug-likeness (QED) is 0.773. The van der Waals surface area contributed by atoms with E-state index in [9.17, 15) is 9.59 Å². The van der Waals surface area contributed by atoms with Gasteiger partial charge in [-0.2, -0.15) is 5.26 Å². The number of hydrogen-bond acceptors (Lipinski definition) is 6. The van der Waals surface area contributed by atoms with Crippen LogP contribution in [0.1, 0.15) is 25.3 Å². The number of rotatable bonds is 4. The van der Waals surface area contributed by atoms with Crippen LogP contribution in [0.4, 0.5) is 10.7 Å². The van der Waals surface area contributed by atoms with E-state index in [1.807, 2.05) is 38.1 Å². The number of anilines is 1. The fraction of sp³-hybridized carbons (Fsp3) is 0.526. The molecule has 3 rings (SSSR count). The summed E-state index contributed by atoms with van der Waals surface area (Å²) in [4.78, 5) is 38.6. The van der Waals surface area contributed by atoms with Crippen LogP contribution in [0.15, 0.2) is 18.5 Å². The molecular formula is C19H25N7O2. The number of carbonyl (C=O) groups excluding carboxylic acids is 2. The van der Waals surface area contributed by atoms with Gasteiger partial charge in [0.25, 0.3) is 0 Å². The molecule has 28 heavy (non-hydrogen) atoms. The zero-order chi connectivity index (χ0) is 20.3. The first-order chi connectivity index (χ1) is 13.4. The average molecular weight is 383 g/mol. The number of nitriles is 1. The lowest BCUT2D eigenvalue weighted by Crippen LogP contribution is -2.49. The summed E-state index contributed by atoms with van der Waals surface area (Å²) in [5, 5.41) is 11.7. The van der Waals surface area contributed by atoms with E-state index in [0.717, 1.165) is 11.1 Å². The smallest absolute Gasteiger partial charge is 0.318 e. The lowest BCUT2D eigenvalue weighted by molar-refractivity contribution is -0.129. The molecule has 3 amide bonds. The maximum atomic E-state index is 12.6. The van der Waals surface area contributed by atoms with E-state index >= 15 is 0 Å². The van der Waals surface area contributed by atoms with E-state index in [0.29, 0.717) is 31.9 Å². The summed E-state index contributed by atoms with van der Waals surface area (Å²) in [6.07, 6.45) is 6.82. The highest BCUT2D eigenvalue weighted by atomic mass is 16.2. The topological polar surface area (TPSA) is 105 Å². The van der Waals surface area contributed by atoms with Gasteiger partial charge < -0.3 is 20.0 Å². The molecule has 2 aliphatic rings. The molecule has 1 N–H and O–H groups in total. The van der Waals surface area contributed by atoms with Gasteiger partial charge in [0.05, 0.1) is 6.07 Å². The van der Waals surface area contributed by atoms with Crippen LogP contribution >= 0.6 is 0 Å². The normalized spacial score (nSPS) is 21.9. The Balaban J connectivity index is 1.58. The van der Waals surface area contributed by atoms with Gasteiger partial charge in [0.15, 0.2) is 0 Å². The van der Waals surface area contributed by atoms with E-state index < -0.39 is 6.04 Å². The van der Waals surface area contributed by atoms with Gasteiger partial charge in [-0.1, -0.05) is 6.08 Å². The van der Waals surface area contributed by atoms with Crippen molar-refractivity contribution in [1.82, 2.24) is 25.1 Å². The monoisotopic (exact) mass is 383 g/mol. The van der Waals surface area contributed by atoms with Gasteiger partial charge in [0, 0.05) is 51.2 Å². The Morgan fingerprint density at radius 3 is 2.68 bits per heavy atom. The highest BCUT2D eigenvalue weighted by Gasteiger charge is 2.38. The average Bonchev–Trinajstić information content (AvgIpc) is 2.96. The lowest BCUT2D eigenvalue weighted by Gasteiger charge is -2.28. The number of nitrogens with one attached hydrogen (secondary N) is 1. The maximum absolute atomic E-state index is 12.6. The summed E-state index contributed by atoms with van der Waals surface area (Å²) in [7, 11) is 3.78. The third kappa shape index (κ3) is 4.06. The van der Waals surface area contributed by atoms with Crippen molar-refractivity contribution >= 4 is 23.5 Å². The molecule has 0 radical (unpaired) electrons. The minimum Gasteiger partial charge on any atom is -0.347 e. The third-order valence-electron chi connectivity index (χ3n) is 5.13. The molecule has 0 aliphatic carbocycles. The predicted molar refractivity (Wildman–Crippen MR) is 104 cm³/mol. The second-order valence-electron chi connectivity index (χ2n) is 7.30. The van der Waals surface area contributed by atoms with Crippen molar-refractivity contribution < 1.29 is 9.59 Å². The highest BCUT2D eigenvalue weighted by Crippen LogP contribution is 2.23. The van der Waals surface area contributed by atoms with Crippen molar-refractivity contribution in [2.24, 2.45) is 0 Å². The van der Waals surface area contributed by atoms with Crippen molar-refractivity contribution in [1.29, 1.82) is 5.26 Å². The Labute approximate surface area is 164 Å². The van der Waals surface area contributed by atoms with E-state index in [-0.39, 0.29) is 24.5 Å². The second-order valence-corrected chi connectivity index (χ2v) is 7.30. The Morgan fingerprint density at radius 1 is 1.39 bits per heavy atom. The predicted octanol–water partition coefficient (Wildman–Crippen LogP) is 0.854. The molecule has 0 spiro atoms. The van der Waals surface area contributed by atoms with Crippen molar-refractivity contribution in [3.8, 4) is 6.07 Å².